The molecule has 0 spiro atoms. The standard InChI is InChI=1S/C30H31ClFN3O4/c1-18-22(8-6-9-25(18)32)23-13-12-19(14-21(23)17-37-5)29-34-28(35-39-29)20-15-24(31)26(33-16-20)10-7-11-27(36)38-30(2,3)4/h6,8-9,12-16H,7,10-11,17H2,1-5H3. The van der Waals surface area contributed by atoms with Gasteiger partial charge in [0.1, 0.15) is 11.4 Å². The Bertz CT molecular complexity index is 1480. The third kappa shape index (κ3) is 7.07. The highest BCUT2D eigenvalue weighted by atomic mass is 35.5. The number of esters is 1. The van der Waals surface area contributed by atoms with E-state index in [4.69, 9.17) is 25.6 Å². The van der Waals surface area contributed by atoms with Crippen LogP contribution < -0.4 is 0 Å². The Kier molecular flexibility index (Phi) is 8.77. The summed E-state index contributed by atoms with van der Waals surface area (Å²) >= 11 is 6.47. The largest absolute Gasteiger partial charge is 0.460 e. The number of nitrogens with zero attached hydrogens (tertiary/aromatic N) is 3. The summed E-state index contributed by atoms with van der Waals surface area (Å²) in [5.74, 6) is 0.158. The molecule has 4 aromatic rings. The van der Waals surface area contributed by atoms with E-state index in [2.05, 4.69) is 15.1 Å². The fraction of sp³-hybridized carbons (Fsp3) is 0.333. The lowest BCUT2D eigenvalue weighted by Crippen LogP contribution is -2.23. The van der Waals surface area contributed by atoms with E-state index >= 15 is 0 Å². The monoisotopic (exact) mass is 551 g/mol. The van der Waals surface area contributed by atoms with Crippen LogP contribution in [0.15, 0.2) is 53.2 Å². The lowest BCUT2D eigenvalue weighted by atomic mass is 9.94. The van der Waals surface area contributed by atoms with Gasteiger partial charge in [0.2, 0.25) is 5.82 Å². The van der Waals surface area contributed by atoms with Crippen molar-refractivity contribution < 1.29 is 23.2 Å². The first-order valence-electron chi connectivity index (χ1n) is 12.6. The molecule has 0 saturated heterocycles. The molecule has 0 radical (unpaired) electrons. The first-order chi connectivity index (χ1) is 18.6. The molecule has 0 N–H and O–H groups in total. The Morgan fingerprint density at radius 2 is 1.90 bits per heavy atom. The first kappa shape index (κ1) is 28.4. The van der Waals surface area contributed by atoms with Crippen molar-refractivity contribution in [2.75, 3.05) is 7.11 Å². The highest BCUT2D eigenvalue weighted by Crippen LogP contribution is 2.33. The third-order valence-electron chi connectivity index (χ3n) is 6.03. The Hall–Kier alpha value is -3.62. The van der Waals surface area contributed by atoms with Gasteiger partial charge >= 0.3 is 5.97 Å². The van der Waals surface area contributed by atoms with Gasteiger partial charge in [-0.25, -0.2) is 4.39 Å². The number of carbonyl (C=O) groups excluding carboxylic acids is 1. The van der Waals surface area contributed by atoms with Gasteiger partial charge in [-0.3, -0.25) is 9.78 Å². The molecule has 0 aliphatic carbocycles. The van der Waals surface area contributed by atoms with Crippen molar-refractivity contribution in [3.05, 3.63) is 76.3 Å². The van der Waals surface area contributed by atoms with Gasteiger partial charge in [-0.1, -0.05) is 35.0 Å². The Morgan fingerprint density at radius 1 is 1.10 bits per heavy atom. The molecule has 0 saturated carbocycles. The summed E-state index contributed by atoms with van der Waals surface area (Å²) in [4.78, 5) is 20.9. The molecule has 39 heavy (non-hydrogen) atoms. The third-order valence-corrected chi connectivity index (χ3v) is 6.35. The summed E-state index contributed by atoms with van der Waals surface area (Å²) < 4.78 is 30.5. The van der Waals surface area contributed by atoms with Crippen molar-refractivity contribution in [1.29, 1.82) is 0 Å². The van der Waals surface area contributed by atoms with Gasteiger partial charge in [-0.2, -0.15) is 4.98 Å². The molecule has 2 aromatic carbocycles. The fourth-order valence-electron chi connectivity index (χ4n) is 4.19. The zero-order valence-corrected chi connectivity index (χ0v) is 23.4. The Morgan fingerprint density at radius 3 is 2.62 bits per heavy atom. The van der Waals surface area contributed by atoms with E-state index < -0.39 is 5.60 Å². The van der Waals surface area contributed by atoms with E-state index in [-0.39, 0.29) is 18.2 Å². The SMILES string of the molecule is COCc1cc(-c2nc(-c3cnc(CCCC(=O)OC(C)(C)C)c(Cl)c3)no2)ccc1-c1cccc(F)c1C. The number of halogens is 2. The smallest absolute Gasteiger partial charge is 0.306 e. The highest BCUT2D eigenvalue weighted by Gasteiger charge is 2.18. The number of methoxy groups -OCH3 is 1. The normalized spacial score (nSPS) is 11.6. The second kappa shape index (κ2) is 12.1. The number of carbonyl (C=O) groups is 1. The van der Waals surface area contributed by atoms with Crippen LogP contribution in [0.25, 0.3) is 34.0 Å². The van der Waals surface area contributed by atoms with Crippen molar-refractivity contribution >= 4 is 17.6 Å². The van der Waals surface area contributed by atoms with Crippen LogP contribution in [0.2, 0.25) is 5.02 Å². The zero-order chi connectivity index (χ0) is 28.2. The van der Waals surface area contributed by atoms with Crippen LogP contribution in [0.4, 0.5) is 4.39 Å². The molecule has 204 valence electrons. The lowest BCUT2D eigenvalue weighted by Gasteiger charge is -2.19. The highest BCUT2D eigenvalue weighted by molar-refractivity contribution is 6.31. The minimum Gasteiger partial charge on any atom is -0.460 e. The molecule has 2 heterocycles. The average molecular weight is 552 g/mol. The van der Waals surface area contributed by atoms with Gasteiger partial charge in [0, 0.05) is 30.9 Å². The van der Waals surface area contributed by atoms with E-state index in [1.807, 2.05) is 45.0 Å². The summed E-state index contributed by atoms with van der Waals surface area (Å²) in [5.41, 5.74) is 4.59. The van der Waals surface area contributed by atoms with E-state index in [1.165, 1.54) is 6.07 Å². The van der Waals surface area contributed by atoms with Crippen molar-refractivity contribution in [3.63, 3.8) is 0 Å². The molecule has 0 aliphatic heterocycles. The molecule has 4 rings (SSSR count). The molecule has 0 fully saturated rings. The van der Waals surface area contributed by atoms with Gasteiger partial charge < -0.3 is 14.0 Å². The summed E-state index contributed by atoms with van der Waals surface area (Å²) in [6.07, 6.45) is 3.03. The average Bonchev–Trinajstić information content (AvgIpc) is 3.36. The number of hydrogen-bond acceptors (Lipinski definition) is 7. The molecule has 9 heteroatoms. The van der Waals surface area contributed by atoms with Gasteiger partial charge in [0.15, 0.2) is 0 Å². The van der Waals surface area contributed by atoms with Crippen LogP contribution in [0, 0.1) is 12.7 Å². The molecule has 0 aliphatic rings. The number of ether oxygens (including phenoxy) is 2. The maximum absolute atomic E-state index is 14.2. The van der Waals surface area contributed by atoms with Crippen molar-refractivity contribution in [2.45, 2.75) is 59.2 Å². The quantitative estimate of drug-likeness (QED) is 0.200. The van der Waals surface area contributed by atoms with Crippen molar-refractivity contribution in [3.8, 4) is 34.0 Å². The van der Waals surface area contributed by atoms with Gasteiger partial charge in [-0.15, -0.1) is 0 Å². The minimum atomic E-state index is -0.508. The summed E-state index contributed by atoms with van der Waals surface area (Å²) in [6, 6.07) is 12.4. The van der Waals surface area contributed by atoms with Crippen molar-refractivity contribution in [2.24, 2.45) is 0 Å². The molecule has 0 amide bonds. The number of aryl methyl sites for hydroxylation is 1. The molecular formula is C30H31ClFN3O4. The molecule has 7 nitrogen and oxygen atoms in total. The summed E-state index contributed by atoms with van der Waals surface area (Å²) in [5, 5.41) is 4.57. The van der Waals surface area contributed by atoms with Gasteiger partial charge in [0.25, 0.3) is 5.89 Å². The van der Waals surface area contributed by atoms with Crippen LogP contribution in [0.1, 0.15) is 50.4 Å². The topological polar surface area (TPSA) is 87.3 Å². The number of aromatic nitrogens is 3. The minimum absolute atomic E-state index is 0.248. The zero-order valence-electron chi connectivity index (χ0n) is 22.7. The number of rotatable bonds is 9. The molecular weight excluding hydrogens is 521 g/mol. The van der Waals surface area contributed by atoms with Crippen LogP contribution in [-0.2, 0) is 27.3 Å². The molecule has 0 atom stereocenters. The van der Waals surface area contributed by atoms with E-state index in [9.17, 15) is 9.18 Å². The van der Waals surface area contributed by atoms with E-state index in [0.29, 0.717) is 58.6 Å². The predicted octanol–water partition coefficient (Wildman–Crippen LogP) is 7.38. The van der Waals surface area contributed by atoms with Crippen LogP contribution in [0.5, 0.6) is 0 Å². The van der Waals surface area contributed by atoms with Gasteiger partial charge in [-0.05, 0) is 87.1 Å². The number of hydrogen-bond donors (Lipinski definition) is 0. The summed E-state index contributed by atoms with van der Waals surface area (Å²) in [6.45, 7) is 7.60. The maximum Gasteiger partial charge on any atom is 0.306 e. The van der Waals surface area contributed by atoms with Crippen LogP contribution in [0.3, 0.4) is 0 Å². The maximum atomic E-state index is 14.2. The molecule has 0 unspecified atom stereocenters. The van der Waals surface area contributed by atoms with Gasteiger partial charge in [0.05, 0.1) is 17.3 Å². The summed E-state index contributed by atoms with van der Waals surface area (Å²) in [7, 11) is 1.61. The molecule has 2 aromatic heterocycles. The van der Waals surface area contributed by atoms with Crippen LogP contribution >= 0.6 is 11.6 Å². The number of pyridine rings is 1. The first-order valence-corrected chi connectivity index (χ1v) is 13.0. The second-order valence-corrected chi connectivity index (χ2v) is 10.6. The van der Waals surface area contributed by atoms with Crippen molar-refractivity contribution in [1.82, 2.24) is 15.1 Å². The number of benzene rings is 2. The fourth-order valence-corrected chi connectivity index (χ4v) is 4.45. The second-order valence-electron chi connectivity index (χ2n) is 10.2. The Labute approximate surface area is 232 Å². The molecule has 0 bridgehead atoms. The lowest BCUT2D eigenvalue weighted by molar-refractivity contribution is -0.154. The predicted molar refractivity (Wildman–Crippen MR) is 148 cm³/mol. The van der Waals surface area contributed by atoms with Crippen LogP contribution in [-0.4, -0.2) is 33.8 Å². The van der Waals surface area contributed by atoms with E-state index in [1.54, 1.807) is 32.4 Å². The van der Waals surface area contributed by atoms with E-state index in [0.717, 1.165) is 16.7 Å². The Balaban J connectivity index is 1.51.